The highest BCUT2D eigenvalue weighted by Gasteiger charge is 2.14. The van der Waals surface area contributed by atoms with E-state index in [2.05, 4.69) is 21.4 Å². The molecule has 16 heavy (non-hydrogen) atoms. The number of methoxy groups -OCH3 is 1. The van der Waals surface area contributed by atoms with E-state index in [0.29, 0.717) is 6.01 Å². The van der Waals surface area contributed by atoms with Gasteiger partial charge < -0.3 is 14.4 Å². The predicted octanol–water partition coefficient (Wildman–Crippen LogP) is 0.965. The Bertz CT molecular complexity index is 375. The van der Waals surface area contributed by atoms with Crippen LogP contribution in [-0.2, 0) is 4.74 Å². The minimum absolute atomic E-state index is 0.374. The Morgan fingerprint density at radius 1 is 1.44 bits per heavy atom. The molecule has 1 aliphatic rings. The highest BCUT2D eigenvalue weighted by atomic mass is 16.5. The van der Waals surface area contributed by atoms with Gasteiger partial charge in [-0.1, -0.05) is 6.58 Å². The first-order valence-corrected chi connectivity index (χ1v) is 5.21. The molecule has 0 radical (unpaired) electrons. The van der Waals surface area contributed by atoms with Crippen molar-refractivity contribution in [1.82, 2.24) is 9.97 Å². The Balaban J connectivity index is 2.27. The number of nitrogens with zero attached hydrogens (tertiary/aromatic N) is 3. The molecule has 1 aromatic rings. The summed E-state index contributed by atoms with van der Waals surface area (Å²) in [6.07, 6.45) is 1.69. The standard InChI is InChI=1S/C11H15N3O2/c1-3-9-8-10(13-11(12-9)15-2)14-4-6-16-7-5-14/h3,8H,1,4-7H2,2H3. The Morgan fingerprint density at radius 2 is 2.19 bits per heavy atom. The number of morpholine rings is 1. The lowest BCUT2D eigenvalue weighted by Gasteiger charge is -2.27. The van der Waals surface area contributed by atoms with Gasteiger partial charge in [0.25, 0.3) is 0 Å². The molecule has 86 valence electrons. The van der Waals surface area contributed by atoms with E-state index in [9.17, 15) is 0 Å². The van der Waals surface area contributed by atoms with Gasteiger partial charge in [-0.3, -0.25) is 0 Å². The Morgan fingerprint density at radius 3 is 2.81 bits per heavy atom. The maximum atomic E-state index is 5.30. The van der Waals surface area contributed by atoms with Crippen molar-refractivity contribution >= 4 is 11.9 Å². The van der Waals surface area contributed by atoms with Crippen molar-refractivity contribution in [2.45, 2.75) is 0 Å². The zero-order valence-corrected chi connectivity index (χ0v) is 9.35. The molecule has 0 bridgehead atoms. The quantitative estimate of drug-likeness (QED) is 0.761. The third-order valence-corrected chi connectivity index (χ3v) is 2.44. The lowest BCUT2D eigenvalue weighted by molar-refractivity contribution is 0.122. The molecule has 0 saturated carbocycles. The average Bonchev–Trinajstić information content (AvgIpc) is 2.39. The normalized spacial score (nSPS) is 15.9. The molecule has 0 aromatic carbocycles. The molecule has 0 N–H and O–H groups in total. The van der Waals surface area contributed by atoms with E-state index < -0.39 is 0 Å². The van der Waals surface area contributed by atoms with Gasteiger partial charge in [0, 0.05) is 19.2 Å². The number of anilines is 1. The van der Waals surface area contributed by atoms with Crippen LogP contribution in [0, 0.1) is 0 Å². The van der Waals surface area contributed by atoms with Crippen LogP contribution in [0.15, 0.2) is 12.6 Å². The number of ether oxygens (including phenoxy) is 2. The summed E-state index contributed by atoms with van der Waals surface area (Å²) in [6.45, 7) is 6.86. The summed E-state index contributed by atoms with van der Waals surface area (Å²) < 4.78 is 10.4. The molecule has 0 unspecified atom stereocenters. The van der Waals surface area contributed by atoms with Gasteiger partial charge in [0.2, 0.25) is 0 Å². The lowest BCUT2D eigenvalue weighted by Crippen LogP contribution is -2.36. The fourth-order valence-electron chi connectivity index (χ4n) is 1.58. The van der Waals surface area contributed by atoms with Gasteiger partial charge in [-0.05, 0) is 6.08 Å². The number of aromatic nitrogens is 2. The number of hydrogen-bond donors (Lipinski definition) is 0. The topological polar surface area (TPSA) is 47.5 Å². The van der Waals surface area contributed by atoms with E-state index in [1.165, 1.54) is 0 Å². The van der Waals surface area contributed by atoms with Crippen LogP contribution in [0.1, 0.15) is 5.69 Å². The van der Waals surface area contributed by atoms with Crippen molar-refractivity contribution in [2.75, 3.05) is 38.3 Å². The zero-order chi connectivity index (χ0) is 11.4. The Hall–Kier alpha value is -1.62. The predicted molar refractivity (Wildman–Crippen MR) is 61.7 cm³/mol. The SMILES string of the molecule is C=Cc1cc(N2CCOCC2)nc(OC)n1. The van der Waals surface area contributed by atoms with Crippen LogP contribution in [-0.4, -0.2) is 43.4 Å². The van der Waals surface area contributed by atoms with Crippen LogP contribution in [0.4, 0.5) is 5.82 Å². The van der Waals surface area contributed by atoms with Crippen LogP contribution in [0.2, 0.25) is 0 Å². The monoisotopic (exact) mass is 221 g/mol. The average molecular weight is 221 g/mol. The number of hydrogen-bond acceptors (Lipinski definition) is 5. The summed E-state index contributed by atoms with van der Waals surface area (Å²) >= 11 is 0. The molecule has 5 nitrogen and oxygen atoms in total. The lowest BCUT2D eigenvalue weighted by atomic mass is 10.3. The van der Waals surface area contributed by atoms with Gasteiger partial charge in [0.05, 0.1) is 26.0 Å². The van der Waals surface area contributed by atoms with Crippen LogP contribution in [0.5, 0.6) is 6.01 Å². The van der Waals surface area contributed by atoms with Crippen molar-refractivity contribution in [2.24, 2.45) is 0 Å². The fourth-order valence-corrected chi connectivity index (χ4v) is 1.58. The smallest absolute Gasteiger partial charge is 0.318 e. The summed E-state index contributed by atoms with van der Waals surface area (Å²) in [5.74, 6) is 0.866. The zero-order valence-electron chi connectivity index (χ0n) is 9.35. The van der Waals surface area contributed by atoms with E-state index in [1.807, 2.05) is 6.07 Å². The Labute approximate surface area is 94.7 Å². The first-order chi connectivity index (χ1) is 7.83. The third-order valence-electron chi connectivity index (χ3n) is 2.44. The van der Waals surface area contributed by atoms with Crippen LogP contribution < -0.4 is 9.64 Å². The molecule has 2 rings (SSSR count). The van der Waals surface area contributed by atoms with Crippen molar-refractivity contribution in [3.63, 3.8) is 0 Å². The first kappa shape index (κ1) is 10.9. The summed E-state index contributed by atoms with van der Waals surface area (Å²) in [5, 5.41) is 0. The minimum atomic E-state index is 0.374. The van der Waals surface area contributed by atoms with Crippen molar-refractivity contribution in [1.29, 1.82) is 0 Å². The second-order valence-corrected chi connectivity index (χ2v) is 3.44. The van der Waals surface area contributed by atoms with Crippen molar-refractivity contribution in [3.8, 4) is 6.01 Å². The Kier molecular flexibility index (Phi) is 3.36. The maximum absolute atomic E-state index is 5.30. The van der Waals surface area contributed by atoms with Crippen molar-refractivity contribution in [3.05, 3.63) is 18.3 Å². The molecule has 0 aliphatic carbocycles. The van der Waals surface area contributed by atoms with E-state index in [0.717, 1.165) is 37.8 Å². The van der Waals surface area contributed by atoms with Gasteiger partial charge >= 0.3 is 6.01 Å². The molecular formula is C11H15N3O2. The highest BCUT2D eigenvalue weighted by Crippen LogP contribution is 2.17. The first-order valence-electron chi connectivity index (χ1n) is 5.21. The van der Waals surface area contributed by atoms with Gasteiger partial charge in [0.15, 0.2) is 0 Å². The second-order valence-electron chi connectivity index (χ2n) is 3.44. The third kappa shape index (κ3) is 2.30. The highest BCUT2D eigenvalue weighted by molar-refractivity contribution is 5.51. The van der Waals surface area contributed by atoms with Crippen molar-refractivity contribution < 1.29 is 9.47 Å². The van der Waals surface area contributed by atoms with E-state index in [4.69, 9.17) is 9.47 Å². The molecule has 5 heteroatoms. The largest absolute Gasteiger partial charge is 0.467 e. The van der Waals surface area contributed by atoms with E-state index >= 15 is 0 Å². The summed E-state index contributed by atoms with van der Waals surface area (Å²) in [4.78, 5) is 10.6. The van der Waals surface area contributed by atoms with Crippen LogP contribution in [0.25, 0.3) is 6.08 Å². The minimum Gasteiger partial charge on any atom is -0.467 e. The van der Waals surface area contributed by atoms with Gasteiger partial charge in [-0.15, -0.1) is 0 Å². The van der Waals surface area contributed by atoms with Crippen LogP contribution in [0.3, 0.4) is 0 Å². The van der Waals surface area contributed by atoms with Crippen LogP contribution >= 0.6 is 0 Å². The molecule has 0 spiro atoms. The molecular weight excluding hydrogens is 206 g/mol. The van der Waals surface area contributed by atoms with Gasteiger partial charge in [-0.25, -0.2) is 0 Å². The molecule has 1 saturated heterocycles. The molecule has 0 amide bonds. The molecule has 1 aromatic heterocycles. The molecule has 0 atom stereocenters. The second kappa shape index (κ2) is 4.94. The number of rotatable bonds is 3. The fraction of sp³-hybridized carbons (Fsp3) is 0.455. The molecule has 1 fully saturated rings. The molecule has 2 heterocycles. The molecule has 1 aliphatic heterocycles. The maximum Gasteiger partial charge on any atom is 0.318 e. The summed E-state index contributed by atoms with van der Waals surface area (Å²) in [6, 6.07) is 2.28. The van der Waals surface area contributed by atoms with Gasteiger partial charge in [-0.2, -0.15) is 9.97 Å². The van der Waals surface area contributed by atoms with E-state index in [1.54, 1.807) is 13.2 Å². The summed E-state index contributed by atoms with van der Waals surface area (Å²) in [5.41, 5.74) is 0.772. The van der Waals surface area contributed by atoms with Gasteiger partial charge in [0.1, 0.15) is 5.82 Å². The van der Waals surface area contributed by atoms with E-state index in [-0.39, 0.29) is 0 Å². The summed E-state index contributed by atoms with van der Waals surface area (Å²) in [7, 11) is 1.56.